The van der Waals surface area contributed by atoms with Gasteiger partial charge in [0.05, 0.1) is 44.0 Å². The van der Waals surface area contributed by atoms with Crippen LogP contribution < -0.4 is 11.2 Å². The second-order valence-corrected chi connectivity index (χ2v) is 11.5. The lowest BCUT2D eigenvalue weighted by molar-refractivity contribution is -0.159. The van der Waals surface area contributed by atoms with Crippen LogP contribution in [-0.2, 0) is 37.1 Å². The molecule has 39 heavy (non-hydrogen) atoms. The van der Waals surface area contributed by atoms with Crippen molar-refractivity contribution in [1.29, 1.82) is 10.5 Å². The molecule has 1 aromatic rings. The number of H-pyrrole nitrogens is 1. The molecule has 1 aliphatic rings. The zero-order valence-corrected chi connectivity index (χ0v) is 23.3. The Labute approximate surface area is 224 Å². The Bertz CT molecular complexity index is 1240. The number of aryl methyl sites for hydroxylation is 1. The number of nitrogens with one attached hydrogen (secondary N) is 1. The van der Waals surface area contributed by atoms with Crippen molar-refractivity contribution in [3.8, 4) is 12.1 Å². The van der Waals surface area contributed by atoms with Crippen LogP contribution in [0.15, 0.2) is 15.8 Å². The number of aliphatic hydroxyl groups is 1. The summed E-state index contributed by atoms with van der Waals surface area (Å²) in [6.07, 6.45) is -2.09. The molecule has 0 aromatic carbocycles. The third kappa shape index (κ3) is 8.55. The summed E-state index contributed by atoms with van der Waals surface area (Å²) in [5.74, 6) is -0.558. The van der Waals surface area contributed by atoms with Gasteiger partial charge in [-0.15, -0.1) is 0 Å². The standard InChI is InChI=1S/C23H33N4O11P/c1-15-9-27(21(31)26-19(15)29)18-8-16(17(37-18)10-34-20(30)22(2,3)4)38-39(32,35-7-6-33-5)36-14-23(11-24,12-25)13-28/h9,16-18,28H,6-8,10,13-14H2,1-5H3,(H,26,29,31)/t16-,17+,18+,39?/m0/s1. The summed E-state index contributed by atoms with van der Waals surface area (Å²) in [7, 11) is -3.19. The van der Waals surface area contributed by atoms with Crippen molar-refractivity contribution in [2.24, 2.45) is 10.8 Å². The molecule has 1 aliphatic heterocycles. The molecular weight excluding hydrogens is 539 g/mol. The van der Waals surface area contributed by atoms with Crippen molar-refractivity contribution in [2.75, 3.05) is 40.1 Å². The van der Waals surface area contributed by atoms with Crippen LogP contribution in [0.5, 0.6) is 0 Å². The number of hydrogen-bond donors (Lipinski definition) is 2. The lowest BCUT2D eigenvalue weighted by Crippen LogP contribution is -2.34. The fourth-order valence-electron chi connectivity index (χ4n) is 3.20. The molecule has 1 fully saturated rings. The van der Waals surface area contributed by atoms with Crippen molar-refractivity contribution in [3.63, 3.8) is 0 Å². The Balaban J connectivity index is 2.37. The van der Waals surface area contributed by atoms with E-state index in [0.29, 0.717) is 0 Å². The van der Waals surface area contributed by atoms with Gasteiger partial charge in [0, 0.05) is 25.3 Å². The van der Waals surface area contributed by atoms with Crippen LogP contribution in [0.1, 0.15) is 39.0 Å². The molecule has 15 nitrogen and oxygen atoms in total. The van der Waals surface area contributed by atoms with Gasteiger partial charge in [-0.05, 0) is 27.7 Å². The van der Waals surface area contributed by atoms with Crippen molar-refractivity contribution in [3.05, 3.63) is 32.6 Å². The lowest BCUT2D eigenvalue weighted by atomic mass is 9.95. The molecule has 2 heterocycles. The van der Waals surface area contributed by atoms with E-state index in [1.54, 1.807) is 32.9 Å². The van der Waals surface area contributed by atoms with E-state index >= 15 is 0 Å². The number of aromatic nitrogens is 2. The fraction of sp³-hybridized carbons (Fsp3) is 0.696. The molecular formula is C23H33N4O11P. The largest absolute Gasteiger partial charge is 0.475 e. The summed E-state index contributed by atoms with van der Waals surface area (Å²) < 4.78 is 47.1. The first-order valence-electron chi connectivity index (χ1n) is 11.9. The van der Waals surface area contributed by atoms with Gasteiger partial charge in [0.25, 0.3) is 5.56 Å². The molecule has 0 saturated carbocycles. The van der Waals surface area contributed by atoms with Crippen LogP contribution >= 0.6 is 7.82 Å². The predicted octanol–water partition coefficient (Wildman–Crippen LogP) is 0.921. The first-order chi connectivity index (χ1) is 18.2. The molecule has 2 rings (SSSR count). The Morgan fingerprint density at radius 3 is 2.49 bits per heavy atom. The number of carbonyl (C=O) groups excluding carboxylic acids is 1. The summed E-state index contributed by atoms with van der Waals surface area (Å²) in [6, 6.07) is 3.21. The summed E-state index contributed by atoms with van der Waals surface area (Å²) in [5, 5.41) is 28.1. The molecule has 1 aromatic heterocycles. The lowest BCUT2D eigenvalue weighted by Gasteiger charge is -2.26. The predicted molar refractivity (Wildman–Crippen MR) is 132 cm³/mol. The van der Waals surface area contributed by atoms with E-state index in [-0.39, 0.29) is 31.8 Å². The second kappa shape index (κ2) is 13.5. The van der Waals surface area contributed by atoms with E-state index in [1.165, 1.54) is 20.2 Å². The van der Waals surface area contributed by atoms with Crippen molar-refractivity contribution in [2.45, 2.75) is 52.6 Å². The number of hydrogen-bond acceptors (Lipinski definition) is 13. The van der Waals surface area contributed by atoms with E-state index in [2.05, 4.69) is 4.98 Å². The van der Waals surface area contributed by atoms with Crippen molar-refractivity contribution >= 4 is 13.8 Å². The topological polar surface area (TPSA) is 212 Å². The number of aromatic amines is 1. The number of phosphoric acid groups is 1. The minimum absolute atomic E-state index is 0.0131. The van der Waals surface area contributed by atoms with E-state index in [1.807, 2.05) is 0 Å². The fourth-order valence-corrected chi connectivity index (χ4v) is 4.62. The molecule has 0 radical (unpaired) electrons. The molecule has 1 saturated heterocycles. The quantitative estimate of drug-likeness (QED) is 0.191. The SMILES string of the molecule is COCCOP(=O)(OCC(C#N)(C#N)CO)O[C@H]1C[C@H](n2cc(C)c(=O)[nH]c2=O)O[C@@H]1COC(=O)C(C)(C)C. The number of rotatable bonds is 13. The smallest absolute Gasteiger partial charge is 0.462 e. The molecule has 1 unspecified atom stereocenters. The van der Waals surface area contributed by atoms with Gasteiger partial charge < -0.3 is 19.3 Å². The highest BCUT2D eigenvalue weighted by Gasteiger charge is 2.45. The zero-order chi connectivity index (χ0) is 29.4. The molecule has 0 aliphatic carbocycles. The third-order valence-electron chi connectivity index (χ3n) is 5.60. The zero-order valence-electron chi connectivity index (χ0n) is 22.4. The number of phosphoric ester groups is 1. The van der Waals surface area contributed by atoms with E-state index in [0.717, 1.165) is 4.57 Å². The maximum atomic E-state index is 13.6. The maximum absolute atomic E-state index is 13.6. The van der Waals surface area contributed by atoms with Gasteiger partial charge in [0.2, 0.25) is 0 Å². The number of methoxy groups -OCH3 is 1. The summed E-state index contributed by atoms with van der Waals surface area (Å²) in [4.78, 5) is 38.8. The molecule has 2 N–H and O–H groups in total. The number of ether oxygens (including phenoxy) is 3. The van der Waals surface area contributed by atoms with Gasteiger partial charge in [-0.3, -0.25) is 32.7 Å². The first kappa shape index (κ1) is 32.3. The molecule has 4 atom stereocenters. The number of esters is 1. The van der Waals surface area contributed by atoms with Crippen LogP contribution in [0, 0.1) is 40.4 Å². The third-order valence-corrected chi connectivity index (χ3v) is 7.07. The molecule has 0 spiro atoms. The molecule has 16 heteroatoms. The average molecular weight is 573 g/mol. The van der Waals surface area contributed by atoms with Gasteiger partial charge in [0.15, 0.2) is 5.41 Å². The van der Waals surface area contributed by atoms with Gasteiger partial charge in [0.1, 0.15) is 25.0 Å². The van der Waals surface area contributed by atoms with Gasteiger partial charge in [-0.25, -0.2) is 9.36 Å². The van der Waals surface area contributed by atoms with Crippen LogP contribution in [0.2, 0.25) is 0 Å². The minimum Gasteiger partial charge on any atom is -0.462 e. The Morgan fingerprint density at radius 2 is 1.92 bits per heavy atom. The normalized spacial score (nSPS) is 21.1. The summed E-state index contributed by atoms with van der Waals surface area (Å²) in [5.41, 5.74) is -4.01. The monoisotopic (exact) mass is 572 g/mol. The summed E-state index contributed by atoms with van der Waals surface area (Å²) >= 11 is 0. The number of nitrogens with zero attached hydrogens (tertiary/aromatic N) is 3. The molecule has 216 valence electrons. The highest BCUT2D eigenvalue weighted by Crippen LogP contribution is 2.54. The first-order valence-corrected chi connectivity index (χ1v) is 13.3. The number of aliphatic hydroxyl groups excluding tert-OH is 1. The van der Waals surface area contributed by atoms with E-state index in [4.69, 9.17) is 27.8 Å². The highest BCUT2D eigenvalue weighted by molar-refractivity contribution is 7.48. The number of nitriles is 2. The van der Waals surface area contributed by atoms with E-state index in [9.17, 15) is 34.6 Å². The maximum Gasteiger partial charge on any atom is 0.475 e. The second-order valence-electron chi connectivity index (χ2n) is 9.85. The van der Waals surface area contributed by atoms with Crippen molar-refractivity contribution < 1.29 is 42.2 Å². The van der Waals surface area contributed by atoms with Crippen LogP contribution in [0.25, 0.3) is 0 Å². The number of carbonyl (C=O) groups is 1. The van der Waals surface area contributed by atoms with Gasteiger partial charge in [-0.1, -0.05) is 0 Å². The Hall–Kier alpha value is -2.88. The van der Waals surface area contributed by atoms with Crippen LogP contribution in [0.3, 0.4) is 0 Å². The Kier molecular flexibility index (Phi) is 11.2. The van der Waals surface area contributed by atoms with Crippen LogP contribution in [0.4, 0.5) is 0 Å². The van der Waals surface area contributed by atoms with E-state index < -0.39 is 67.5 Å². The van der Waals surface area contributed by atoms with Gasteiger partial charge >= 0.3 is 19.5 Å². The Morgan fingerprint density at radius 1 is 1.26 bits per heavy atom. The minimum atomic E-state index is -4.56. The molecule has 0 bridgehead atoms. The van der Waals surface area contributed by atoms with Crippen LogP contribution in [-0.4, -0.2) is 73.0 Å². The molecule has 0 amide bonds. The van der Waals surface area contributed by atoms with Crippen molar-refractivity contribution in [1.82, 2.24) is 9.55 Å². The highest BCUT2D eigenvalue weighted by atomic mass is 31.2. The van der Waals surface area contributed by atoms with Gasteiger partial charge in [-0.2, -0.15) is 10.5 Å². The summed E-state index contributed by atoms with van der Waals surface area (Å²) in [6.45, 7) is 4.06. The average Bonchev–Trinajstić information content (AvgIpc) is 3.27.